The molecule has 0 saturated carbocycles. The monoisotopic (exact) mass is 305 g/mol. The van der Waals surface area contributed by atoms with Crippen LogP contribution in [-0.4, -0.2) is 0 Å². The minimum Gasteiger partial charge on any atom is -0.192 e. The van der Waals surface area contributed by atoms with Crippen LogP contribution in [0.2, 0.25) is 0 Å². The van der Waals surface area contributed by atoms with Gasteiger partial charge >= 0.3 is 0 Å². The summed E-state index contributed by atoms with van der Waals surface area (Å²) in [6.45, 7) is 2.24. The lowest BCUT2D eigenvalue weighted by Crippen LogP contribution is -1.79. The zero-order valence-electron chi connectivity index (χ0n) is 12.8. The molecule has 0 N–H and O–H groups in total. The fourth-order valence-electron chi connectivity index (χ4n) is 2.69. The number of benzene rings is 2. The highest BCUT2D eigenvalue weighted by molar-refractivity contribution is 7.15. The van der Waals surface area contributed by atoms with Crippen molar-refractivity contribution in [3.05, 3.63) is 59.0 Å². The molecular formula is C20H19NS. The molecule has 0 amide bonds. The lowest BCUT2D eigenvalue weighted by Gasteiger charge is -2.02. The number of nitrogens with zero attached hydrogens (tertiary/aromatic N) is 1. The molecule has 0 aliphatic heterocycles. The average molecular weight is 305 g/mol. The lowest BCUT2D eigenvalue weighted by atomic mass is 10.0. The summed E-state index contributed by atoms with van der Waals surface area (Å²) in [5.74, 6) is 0. The molecule has 3 rings (SSSR count). The Kier molecular flexibility index (Phi) is 4.56. The zero-order chi connectivity index (χ0) is 15.4. The number of fused-ring (bicyclic) bond motifs is 1. The summed E-state index contributed by atoms with van der Waals surface area (Å²) in [5.41, 5.74) is 1.98. The van der Waals surface area contributed by atoms with E-state index in [9.17, 15) is 0 Å². The molecule has 3 aromatic rings. The van der Waals surface area contributed by atoms with Crippen LogP contribution < -0.4 is 0 Å². The molecule has 22 heavy (non-hydrogen) atoms. The standard InChI is InChI=1S/C20H19NS/c1-2-3-4-5-19-10-11-20(22-19)18-9-8-16-12-15(14-21)6-7-17(16)13-18/h6-13H,2-5H2,1H3. The van der Waals surface area contributed by atoms with Gasteiger partial charge in [0.2, 0.25) is 0 Å². The lowest BCUT2D eigenvalue weighted by molar-refractivity contribution is 0.722. The Morgan fingerprint density at radius 2 is 1.77 bits per heavy atom. The Morgan fingerprint density at radius 1 is 0.955 bits per heavy atom. The van der Waals surface area contributed by atoms with Crippen molar-refractivity contribution in [3.8, 4) is 16.5 Å². The number of thiophene rings is 1. The van der Waals surface area contributed by atoms with Crippen LogP contribution in [0.5, 0.6) is 0 Å². The quantitative estimate of drug-likeness (QED) is 0.517. The number of hydrogen-bond acceptors (Lipinski definition) is 2. The van der Waals surface area contributed by atoms with Crippen LogP contribution in [0.3, 0.4) is 0 Å². The second-order valence-corrected chi connectivity index (χ2v) is 6.78. The molecule has 2 aromatic carbocycles. The highest BCUT2D eigenvalue weighted by Gasteiger charge is 2.05. The number of aryl methyl sites for hydroxylation is 1. The van der Waals surface area contributed by atoms with Gasteiger partial charge in [0, 0.05) is 9.75 Å². The summed E-state index contributed by atoms with van der Waals surface area (Å²) in [5, 5.41) is 11.3. The van der Waals surface area contributed by atoms with Crippen molar-refractivity contribution in [3.63, 3.8) is 0 Å². The summed E-state index contributed by atoms with van der Waals surface area (Å²) in [6, 6.07) is 19.1. The van der Waals surface area contributed by atoms with Gasteiger partial charge in [-0.2, -0.15) is 5.26 Å². The van der Waals surface area contributed by atoms with Crippen molar-refractivity contribution in [2.45, 2.75) is 32.6 Å². The SMILES string of the molecule is CCCCCc1ccc(-c2ccc3cc(C#N)ccc3c2)s1. The Labute approximate surface area is 135 Å². The van der Waals surface area contributed by atoms with Crippen LogP contribution in [-0.2, 0) is 6.42 Å². The van der Waals surface area contributed by atoms with Gasteiger partial charge in [-0.3, -0.25) is 0 Å². The first kappa shape index (κ1) is 14.8. The molecule has 0 aliphatic rings. The second kappa shape index (κ2) is 6.77. The van der Waals surface area contributed by atoms with E-state index in [1.165, 1.54) is 46.4 Å². The topological polar surface area (TPSA) is 23.8 Å². The third kappa shape index (κ3) is 3.21. The van der Waals surface area contributed by atoms with Crippen molar-refractivity contribution < 1.29 is 0 Å². The Bertz CT molecular complexity index is 823. The third-order valence-corrected chi connectivity index (χ3v) is 5.14. The van der Waals surface area contributed by atoms with Gasteiger partial charge in [0.05, 0.1) is 11.6 Å². The van der Waals surface area contributed by atoms with Gasteiger partial charge < -0.3 is 0 Å². The van der Waals surface area contributed by atoms with E-state index in [4.69, 9.17) is 5.26 Å². The Balaban J connectivity index is 1.85. The maximum Gasteiger partial charge on any atom is 0.0991 e. The first-order valence-electron chi connectivity index (χ1n) is 7.83. The molecule has 110 valence electrons. The van der Waals surface area contributed by atoms with Gasteiger partial charge in [0.15, 0.2) is 0 Å². The molecule has 0 unspecified atom stereocenters. The Hall–Kier alpha value is -2.11. The van der Waals surface area contributed by atoms with Gasteiger partial charge in [-0.15, -0.1) is 11.3 Å². The van der Waals surface area contributed by atoms with Crippen molar-refractivity contribution in [1.82, 2.24) is 0 Å². The fraction of sp³-hybridized carbons (Fsp3) is 0.250. The van der Waals surface area contributed by atoms with E-state index in [1.807, 2.05) is 29.5 Å². The highest BCUT2D eigenvalue weighted by Crippen LogP contribution is 2.31. The molecule has 0 aliphatic carbocycles. The number of rotatable bonds is 5. The van der Waals surface area contributed by atoms with E-state index in [-0.39, 0.29) is 0 Å². The minimum absolute atomic E-state index is 0.717. The van der Waals surface area contributed by atoms with Crippen molar-refractivity contribution in [2.24, 2.45) is 0 Å². The van der Waals surface area contributed by atoms with Crippen LogP contribution in [0.4, 0.5) is 0 Å². The average Bonchev–Trinajstić information content (AvgIpc) is 3.03. The van der Waals surface area contributed by atoms with Crippen LogP contribution >= 0.6 is 11.3 Å². The van der Waals surface area contributed by atoms with Crippen molar-refractivity contribution >= 4 is 22.1 Å². The zero-order valence-corrected chi connectivity index (χ0v) is 13.6. The number of hydrogen-bond donors (Lipinski definition) is 0. The molecule has 1 aromatic heterocycles. The van der Waals surface area contributed by atoms with Crippen LogP contribution in [0.25, 0.3) is 21.2 Å². The molecular weight excluding hydrogens is 286 g/mol. The van der Waals surface area contributed by atoms with Gasteiger partial charge in [-0.1, -0.05) is 38.0 Å². The molecule has 1 heterocycles. The molecule has 0 bridgehead atoms. The van der Waals surface area contributed by atoms with E-state index in [0.717, 1.165) is 10.9 Å². The smallest absolute Gasteiger partial charge is 0.0991 e. The molecule has 1 nitrogen and oxygen atoms in total. The maximum absolute atomic E-state index is 8.97. The Morgan fingerprint density at radius 3 is 2.59 bits per heavy atom. The molecule has 0 atom stereocenters. The summed E-state index contributed by atoms with van der Waals surface area (Å²) >= 11 is 1.90. The molecule has 0 fully saturated rings. The summed E-state index contributed by atoms with van der Waals surface area (Å²) in [7, 11) is 0. The van der Waals surface area contributed by atoms with Crippen LogP contribution in [0.15, 0.2) is 48.5 Å². The third-order valence-electron chi connectivity index (χ3n) is 3.94. The van der Waals surface area contributed by atoms with Crippen molar-refractivity contribution in [2.75, 3.05) is 0 Å². The van der Waals surface area contributed by atoms with Crippen LogP contribution in [0.1, 0.15) is 36.6 Å². The molecule has 0 radical (unpaired) electrons. The number of unbranched alkanes of at least 4 members (excludes halogenated alkanes) is 2. The molecule has 0 saturated heterocycles. The first-order chi connectivity index (χ1) is 10.8. The first-order valence-corrected chi connectivity index (χ1v) is 8.65. The molecule has 2 heteroatoms. The van der Waals surface area contributed by atoms with Gasteiger partial charge in [0.1, 0.15) is 0 Å². The van der Waals surface area contributed by atoms with Gasteiger partial charge in [0.25, 0.3) is 0 Å². The van der Waals surface area contributed by atoms with E-state index in [1.54, 1.807) is 0 Å². The highest BCUT2D eigenvalue weighted by atomic mass is 32.1. The fourth-order valence-corrected chi connectivity index (χ4v) is 3.73. The van der Waals surface area contributed by atoms with Gasteiger partial charge in [-0.05, 0) is 59.5 Å². The second-order valence-electron chi connectivity index (χ2n) is 5.61. The van der Waals surface area contributed by atoms with Crippen molar-refractivity contribution in [1.29, 1.82) is 5.26 Å². The predicted octanol–water partition coefficient (Wildman–Crippen LogP) is 6.17. The molecule has 0 spiro atoms. The van der Waals surface area contributed by atoms with E-state index in [2.05, 4.69) is 43.3 Å². The van der Waals surface area contributed by atoms with E-state index in [0.29, 0.717) is 0 Å². The number of nitriles is 1. The summed E-state index contributed by atoms with van der Waals surface area (Å²) in [4.78, 5) is 2.81. The largest absolute Gasteiger partial charge is 0.192 e. The van der Waals surface area contributed by atoms with Gasteiger partial charge in [-0.25, -0.2) is 0 Å². The summed E-state index contributed by atoms with van der Waals surface area (Å²) in [6.07, 6.45) is 5.06. The normalized spacial score (nSPS) is 10.7. The maximum atomic E-state index is 8.97. The van der Waals surface area contributed by atoms with E-state index >= 15 is 0 Å². The van der Waals surface area contributed by atoms with Crippen LogP contribution in [0, 0.1) is 11.3 Å². The minimum atomic E-state index is 0.717. The van der Waals surface area contributed by atoms with E-state index < -0.39 is 0 Å². The summed E-state index contributed by atoms with van der Waals surface area (Å²) < 4.78 is 0. The predicted molar refractivity (Wildman–Crippen MR) is 95.2 cm³/mol.